The lowest BCUT2D eigenvalue weighted by atomic mass is 10.2. The van der Waals surface area contributed by atoms with Crippen LogP contribution in [0.4, 0.5) is 11.8 Å². The second-order valence-corrected chi connectivity index (χ2v) is 4.69. The summed E-state index contributed by atoms with van der Waals surface area (Å²) < 4.78 is 0. The first kappa shape index (κ1) is 14.2. The zero-order chi connectivity index (χ0) is 13.5. The van der Waals surface area contributed by atoms with Crippen LogP contribution in [0.5, 0.6) is 0 Å². The van der Waals surface area contributed by atoms with E-state index in [2.05, 4.69) is 34.4 Å². The van der Waals surface area contributed by atoms with Crippen molar-refractivity contribution in [1.82, 2.24) is 15.3 Å². The Morgan fingerprint density at radius 1 is 1.44 bits per heavy atom. The topological polar surface area (TPSA) is 70.2 Å². The highest BCUT2D eigenvalue weighted by molar-refractivity contribution is 5.80. The van der Waals surface area contributed by atoms with E-state index >= 15 is 0 Å². The minimum atomic E-state index is -0.0336. The van der Waals surface area contributed by atoms with Gasteiger partial charge in [-0.3, -0.25) is 4.79 Å². The number of hydrogen-bond donors (Lipinski definition) is 2. The summed E-state index contributed by atoms with van der Waals surface area (Å²) in [5.74, 6) is 1.68. The van der Waals surface area contributed by atoms with E-state index in [0.717, 1.165) is 0 Å². The smallest absolute Gasteiger partial charge is 0.239 e. The van der Waals surface area contributed by atoms with Gasteiger partial charge in [0.05, 0.1) is 6.54 Å². The molecule has 0 spiro atoms. The predicted octanol–water partition coefficient (Wildman–Crippen LogP) is 0.727. The van der Waals surface area contributed by atoms with E-state index < -0.39 is 0 Å². The average Bonchev–Trinajstić information content (AvgIpc) is 2.34. The van der Waals surface area contributed by atoms with Crippen molar-refractivity contribution in [3.63, 3.8) is 0 Å². The first-order valence-electron chi connectivity index (χ1n) is 6.00. The average molecular weight is 251 g/mol. The van der Waals surface area contributed by atoms with E-state index in [4.69, 9.17) is 0 Å². The number of aromatic nitrogens is 2. The van der Waals surface area contributed by atoms with Gasteiger partial charge in [0.2, 0.25) is 11.9 Å². The molecule has 1 amide bonds. The van der Waals surface area contributed by atoms with Crippen molar-refractivity contribution in [2.75, 3.05) is 37.4 Å². The van der Waals surface area contributed by atoms with E-state index in [1.165, 1.54) is 0 Å². The summed E-state index contributed by atoms with van der Waals surface area (Å²) in [7, 11) is 3.74. The van der Waals surface area contributed by atoms with Crippen LogP contribution in [-0.2, 0) is 4.79 Å². The number of anilines is 2. The molecule has 1 aromatic rings. The zero-order valence-corrected chi connectivity index (χ0v) is 11.4. The summed E-state index contributed by atoms with van der Waals surface area (Å²) in [4.78, 5) is 21.7. The molecule has 1 rings (SSSR count). The Labute approximate surface area is 108 Å². The SMILES string of the molecule is CC(C)CNC(=O)CNc1ccnc(N(C)C)n1. The van der Waals surface area contributed by atoms with Crippen molar-refractivity contribution in [3.05, 3.63) is 12.3 Å². The van der Waals surface area contributed by atoms with Crippen molar-refractivity contribution in [2.45, 2.75) is 13.8 Å². The quantitative estimate of drug-likeness (QED) is 0.780. The third kappa shape index (κ3) is 4.99. The Bertz CT molecular complexity index is 392. The normalized spacial score (nSPS) is 10.3. The zero-order valence-electron chi connectivity index (χ0n) is 11.4. The van der Waals surface area contributed by atoms with Crippen LogP contribution in [0.3, 0.4) is 0 Å². The Morgan fingerprint density at radius 2 is 2.17 bits per heavy atom. The molecular weight excluding hydrogens is 230 g/mol. The second-order valence-electron chi connectivity index (χ2n) is 4.69. The Kier molecular flexibility index (Phi) is 5.35. The van der Waals surface area contributed by atoms with Gasteiger partial charge in [0.15, 0.2) is 0 Å². The summed E-state index contributed by atoms with van der Waals surface area (Å²) in [6, 6.07) is 1.74. The first-order chi connectivity index (χ1) is 8.49. The maximum Gasteiger partial charge on any atom is 0.239 e. The van der Waals surface area contributed by atoms with Crippen molar-refractivity contribution >= 4 is 17.7 Å². The molecule has 0 aliphatic carbocycles. The molecule has 1 aromatic heterocycles. The van der Waals surface area contributed by atoms with Gasteiger partial charge in [-0.1, -0.05) is 13.8 Å². The molecule has 0 radical (unpaired) electrons. The Hall–Kier alpha value is -1.85. The minimum Gasteiger partial charge on any atom is -0.361 e. The van der Waals surface area contributed by atoms with Crippen molar-refractivity contribution < 1.29 is 4.79 Å². The number of carbonyl (C=O) groups is 1. The molecule has 0 fully saturated rings. The molecule has 0 aromatic carbocycles. The molecular formula is C12H21N5O. The summed E-state index contributed by atoms with van der Waals surface area (Å²) in [6.07, 6.45) is 1.66. The molecule has 0 unspecified atom stereocenters. The third-order valence-corrected chi connectivity index (χ3v) is 2.18. The lowest BCUT2D eigenvalue weighted by Crippen LogP contribution is -2.32. The van der Waals surface area contributed by atoms with Crippen LogP contribution in [0.25, 0.3) is 0 Å². The lowest BCUT2D eigenvalue weighted by molar-refractivity contribution is -0.119. The largest absolute Gasteiger partial charge is 0.361 e. The van der Waals surface area contributed by atoms with Crippen LogP contribution in [0.15, 0.2) is 12.3 Å². The Balaban J connectivity index is 2.43. The minimum absolute atomic E-state index is 0.0336. The maximum absolute atomic E-state index is 11.5. The molecule has 0 saturated carbocycles. The van der Waals surface area contributed by atoms with E-state index in [-0.39, 0.29) is 12.5 Å². The molecule has 0 bridgehead atoms. The Morgan fingerprint density at radius 3 is 2.78 bits per heavy atom. The molecule has 100 valence electrons. The van der Waals surface area contributed by atoms with Gasteiger partial charge in [0.1, 0.15) is 5.82 Å². The first-order valence-corrected chi connectivity index (χ1v) is 6.00. The molecule has 6 nitrogen and oxygen atoms in total. The summed E-state index contributed by atoms with van der Waals surface area (Å²) in [5.41, 5.74) is 0. The molecule has 0 saturated heterocycles. The van der Waals surface area contributed by atoms with Gasteiger partial charge in [-0.15, -0.1) is 0 Å². The number of rotatable bonds is 6. The number of amides is 1. The van der Waals surface area contributed by atoms with Gasteiger partial charge >= 0.3 is 0 Å². The van der Waals surface area contributed by atoms with Gasteiger partial charge in [-0.2, -0.15) is 4.98 Å². The van der Waals surface area contributed by atoms with Crippen LogP contribution in [-0.4, -0.2) is 43.1 Å². The van der Waals surface area contributed by atoms with Gasteiger partial charge in [-0.05, 0) is 12.0 Å². The van der Waals surface area contributed by atoms with Crippen molar-refractivity contribution in [3.8, 4) is 0 Å². The fraction of sp³-hybridized carbons (Fsp3) is 0.583. The third-order valence-electron chi connectivity index (χ3n) is 2.18. The number of hydrogen-bond acceptors (Lipinski definition) is 5. The number of nitrogens with one attached hydrogen (secondary N) is 2. The van der Waals surface area contributed by atoms with Gasteiger partial charge < -0.3 is 15.5 Å². The molecule has 0 atom stereocenters. The molecule has 1 heterocycles. The highest BCUT2D eigenvalue weighted by Gasteiger charge is 2.04. The van der Waals surface area contributed by atoms with Crippen LogP contribution < -0.4 is 15.5 Å². The highest BCUT2D eigenvalue weighted by Crippen LogP contribution is 2.07. The molecule has 0 aliphatic heterocycles. The number of carbonyl (C=O) groups excluding carboxylic acids is 1. The molecule has 2 N–H and O–H groups in total. The summed E-state index contributed by atoms with van der Waals surface area (Å²) in [5, 5.41) is 5.81. The van der Waals surface area contributed by atoms with Crippen LogP contribution in [0, 0.1) is 5.92 Å². The summed E-state index contributed by atoms with van der Waals surface area (Å²) >= 11 is 0. The van der Waals surface area contributed by atoms with Crippen molar-refractivity contribution in [2.24, 2.45) is 5.92 Å². The fourth-order valence-corrected chi connectivity index (χ4v) is 1.21. The highest BCUT2D eigenvalue weighted by atomic mass is 16.1. The maximum atomic E-state index is 11.5. The molecule has 6 heteroatoms. The van der Waals surface area contributed by atoms with Gasteiger partial charge in [0.25, 0.3) is 0 Å². The monoisotopic (exact) mass is 251 g/mol. The standard InChI is InChI=1S/C12H21N5O/c1-9(2)7-15-11(18)8-14-10-5-6-13-12(16-10)17(3)4/h5-6,9H,7-8H2,1-4H3,(H,15,18)(H,13,14,16). The fourth-order valence-electron chi connectivity index (χ4n) is 1.21. The van der Waals surface area contributed by atoms with E-state index in [9.17, 15) is 4.79 Å². The van der Waals surface area contributed by atoms with Gasteiger partial charge in [0, 0.05) is 26.8 Å². The van der Waals surface area contributed by atoms with E-state index in [1.807, 2.05) is 19.0 Å². The van der Waals surface area contributed by atoms with Crippen LogP contribution >= 0.6 is 0 Å². The van der Waals surface area contributed by atoms with Crippen molar-refractivity contribution in [1.29, 1.82) is 0 Å². The van der Waals surface area contributed by atoms with E-state index in [1.54, 1.807) is 12.3 Å². The lowest BCUT2D eigenvalue weighted by Gasteiger charge is -2.12. The van der Waals surface area contributed by atoms with Crippen LogP contribution in [0.2, 0.25) is 0 Å². The predicted molar refractivity (Wildman–Crippen MR) is 72.7 cm³/mol. The van der Waals surface area contributed by atoms with E-state index in [0.29, 0.717) is 24.2 Å². The molecule has 18 heavy (non-hydrogen) atoms. The molecule has 0 aliphatic rings. The second kappa shape index (κ2) is 6.78. The summed E-state index contributed by atoms with van der Waals surface area (Å²) in [6.45, 7) is 5.02. The number of nitrogens with zero attached hydrogens (tertiary/aromatic N) is 3. The van der Waals surface area contributed by atoms with Gasteiger partial charge in [-0.25, -0.2) is 4.98 Å². The van der Waals surface area contributed by atoms with Crippen LogP contribution in [0.1, 0.15) is 13.8 Å².